The van der Waals surface area contributed by atoms with E-state index in [-0.39, 0.29) is 0 Å². The lowest BCUT2D eigenvalue weighted by molar-refractivity contribution is 1.30. The first kappa shape index (κ1) is 4.78. The van der Waals surface area contributed by atoms with Crippen molar-refractivity contribution >= 4 is 15.9 Å². The molecule has 0 aliphatic carbocycles. The average molecular weight is 157 g/mol. The number of rotatable bonds is 0. The lowest BCUT2D eigenvalue weighted by atomic mass is 10.5. The van der Waals surface area contributed by atoms with Crippen LogP contribution in [0.5, 0.6) is 0 Å². The highest BCUT2D eigenvalue weighted by Gasteiger charge is 1.76. The van der Waals surface area contributed by atoms with Crippen LogP contribution in [0.1, 0.15) is 0 Å². The molecular weight excluding hydrogens is 154 g/mol. The number of halogens is 1. The minimum Gasteiger partial charge on any atom is -0.255 e. The molecule has 1 heterocycles. The maximum atomic E-state index is 3.69. The highest BCUT2D eigenvalue weighted by atomic mass is 79.9. The van der Waals surface area contributed by atoms with Crippen molar-refractivity contribution in [2.45, 2.75) is 0 Å². The Morgan fingerprint density at radius 2 is 2.57 bits per heavy atom. The van der Waals surface area contributed by atoms with Gasteiger partial charge in [0, 0.05) is 10.7 Å². The third-order valence-electron chi connectivity index (χ3n) is 0.585. The largest absolute Gasteiger partial charge is 0.255 e. The Labute approximate surface area is 50.5 Å². The predicted molar refractivity (Wildman–Crippen MR) is 30.8 cm³/mol. The summed E-state index contributed by atoms with van der Waals surface area (Å²) in [6.07, 6.45) is 4.35. The first-order chi connectivity index (χ1) is 3.39. The van der Waals surface area contributed by atoms with E-state index in [9.17, 15) is 0 Å². The van der Waals surface area contributed by atoms with Gasteiger partial charge in [0.05, 0.1) is 6.20 Å². The monoisotopic (exact) mass is 156 g/mol. The molecule has 35 valence electrons. The molecule has 0 saturated heterocycles. The second kappa shape index (κ2) is 2.07. The lowest BCUT2D eigenvalue weighted by Gasteiger charge is -1.79. The van der Waals surface area contributed by atoms with Crippen LogP contribution in [0.2, 0.25) is 0 Å². The maximum Gasteiger partial charge on any atom is 0.0897 e. The van der Waals surface area contributed by atoms with Gasteiger partial charge in [-0.15, -0.1) is 0 Å². The van der Waals surface area contributed by atoms with Gasteiger partial charge in [0.2, 0.25) is 0 Å². The lowest BCUT2D eigenvalue weighted by Crippen LogP contribution is -1.65. The summed E-state index contributed by atoms with van der Waals surface area (Å²) in [4.78, 5) is 3.69. The van der Waals surface area contributed by atoms with Gasteiger partial charge in [-0.25, -0.2) is 0 Å². The molecule has 0 aliphatic heterocycles. The summed E-state index contributed by atoms with van der Waals surface area (Å²) < 4.78 is 1.02. The molecule has 0 aromatic carbocycles. The fourth-order valence-corrected chi connectivity index (χ4v) is 0.519. The Balaban J connectivity index is 3.02. The van der Waals surface area contributed by atoms with Gasteiger partial charge in [-0.05, 0) is 12.1 Å². The van der Waals surface area contributed by atoms with E-state index < -0.39 is 0 Å². The summed E-state index contributed by atoms with van der Waals surface area (Å²) in [7, 11) is 0. The van der Waals surface area contributed by atoms with Gasteiger partial charge in [-0.2, -0.15) is 0 Å². The summed E-state index contributed by atoms with van der Waals surface area (Å²) in [5, 5.41) is 0. The fourth-order valence-electron chi connectivity index (χ4n) is 0.299. The minimum atomic E-state index is 1.02. The highest BCUT2D eigenvalue weighted by molar-refractivity contribution is 9.10. The van der Waals surface area contributed by atoms with Crippen molar-refractivity contribution in [1.82, 2.24) is 4.98 Å². The smallest absolute Gasteiger partial charge is 0.0897 e. The number of pyridine rings is 1. The van der Waals surface area contributed by atoms with Crippen LogP contribution < -0.4 is 0 Å². The molecule has 1 aromatic rings. The summed E-state index contributed by atoms with van der Waals surface area (Å²) in [6.45, 7) is 0. The van der Waals surface area contributed by atoms with Gasteiger partial charge in [0.25, 0.3) is 0 Å². The molecule has 1 aromatic heterocycles. The third-order valence-corrected chi connectivity index (χ3v) is 1.08. The quantitative estimate of drug-likeness (QED) is 0.557. The Bertz CT molecular complexity index is 138. The second-order valence-electron chi connectivity index (χ2n) is 1.10. The highest BCUT2D eigenvalue weighted by Crippen LogP contribution is 2.03. The summed E-state index contributed by atoms with van der Waals surface area (Å²) in [5.74, 6) is 0. The average Bonchev–Trinajstić information content (AvgIpc) is 1.69. The Morgan fingerprint density at radius 1 is 1.71 bits per heavy atom. The molecule has 1 nitrogen and oxygen atoms in total. The number of hydrogen-bond donors (Lipinski definition) is 0. The van der Waals surface area contributed by atoms with E-state index in [4.69, 9.17) is 0 Å². The molecule has 0 aliphatic rings. The summed E-state index contributed by atoms with van der Waals surface area (Å²) >= 11 is 3.24. The molecule has 1 rings (SSSR count). The summed E-state index contributed by atoms with van der Waals surface area (Å²) in [5.41, 5.74) is 0. The number of aromatic nitrogens is 1. The Hall–Kier alpha value is -0.370. The van der Waals surface area contributed by atoms with Crippen molar-refractivity contribution in [3.05, 3.63) is 29.0 Å². The van der Waals surface area contributed by atoms with E-state index in [1.54, 1.807) is 12.3 Å². The van der Waals surface area contributed by atoms with Crippen LogP contribution in [0, 0.1) is 6.20 Å². The number of hydrogen-bond acceptors (Lipinski definition) is 1. The van der Waals surface area contributed by atoms with E-state index in [2.05, 4.69) is 27.1 Å². The van der Waals surface area contributed by atoms with Gasteiger partial charge >= 0.3 is 0 Å². The molecule has 0 saturated carbocycles. The SMILES string of the molecule is Brc1c[c]ncc1. The second-order valence-corrected chi connectivity index (χ2v) is 2.02. The van der Waals surface area contributed by atoms with Gasteiger partial charge in [0.15, 0.2) is 0 Å². The normalized spacial score (nSPS) is 8.71. The molecule has 0 amide bonds. The minimum absolute atomic E-state index is 1.02. The molecule has 2 heteroatoms. The molecule has 0 bridgehead atoms. The first-order valence-electron chi connectivity index (χ1n) is 1.87. The molecule has 0 fully saturated rings. The van der Waals surface area contributed by atoms with Crippen LogP contribution in [-0.2, 0) is 0 Å². The van der Waals surface area contributed by atoms with Crippen LogP contribution in [0.25, 0.3) is 0 Å². The van der Waals surface area contributed by atoms with Crippen LogP contribution in [0.3, 0.4) is 0 Å². The zero-order valence-electron chi connectivity index (χ0n) is 3.56. The van der Waals surface area contributed by atoms with E-state index >= 15 is 0 Å². The zero-order valence-corrected chi connectivity index (χ0v) is 5.14. The van der Waals surface area contributed by atoms with Gasteiger partial charge in [-0.1, -0.05) is 15.9 Å². The van der Waals surface area contributed by atoms with Gasteiger partial charge in [-0.3, -0.25) is 4.98 Å². The third kappa shape index (κ3) is 1.27. The van der Waals surface area contributed by atoms with Crippen LogP contribution >= 0.6 is 15.9 Å². The van der Waals surface area contributed by atoms with Crippen molar-refractivity contribution in [2.75, 3.05) is 0 Å². The molecule has 0 N–H and O–H groups in total. The van der Waals surface area contributed by atoms with Crippen molar-refractivity contribution in [1.29, 1.82) is 0 Å². The predicted octanol–water partition coefficient (Wildman–Crippen LogP) is 1.64. The Kier molecular flexibility index (Phi) is 1.42. The van der Waals surface area contributed by atoms with Crippen molar-refractivity contribution < 1.29 is 0 Å². The van der Waals surface area contributed by atoms with Crippen LogP contribution in [0.4, 0.5) is 0 Å². The van der Waals surface area contributed by atoms with E-state index in [0.29, 0.717) is 0 Å². The topological polar surface area (TPSA) is 12.9 Å². The van der Waals surface area contributed by atoms with Crippen molar-refractivity contribution in [2.24, 2.45) is 0 Å². The van der Waals surface area contributed by atoms with Gasteiger partial charge < -0.3 is 0 Å². The molecule has 0 spiro atoms. The fraction of sp³-hybridized carbons (Fsp3) is 0. The Morgan fingerprint density at radius 3 is 2.86 bits per heavy atom. The van der Waals surface area contributed by atoms with Crippen LogP contribution in [-0.4, -0.2) is 4.98 Å². The van der Waals surface area contributed by atoms with E-state index in [1.165, 1.54) is 0 Å². The number of nitrogens with zero attached hydrogens (tertiary/aromatic N) is 1. The summed E-state index contributed by atoms with van der Waals surface area (Å²) in [6, 6.07) is 3.62. The molecular formula is C5H3BrN. The van der Waals surface area contributed by atoms with E-state index in [0.717, 1.165) is 4.47 Å². The molecule has 0 atom stereocenters. The maximum absolute atomic E-state index is 3.69. The molecule has 7 heavy (non-hydrogen) atoms. The zero-order chi connectivity index (χ0) is 5.11. The van der Waals surface area contributed by atoms with Crippen molar-refractivity contribution in [3.63, 3.8) is 0 Å². The molecule has 1 radical (unpaired) electrons. The van der Waals surface area contributed by atoms with E-state index in [1.807, 2.05) is 6.07 Å². The first-order valence-corrected chi connectivity index (χ1v) is 2.66. The standard InChI is InChI=1S/C5H3BrN/c6-5-1-3-7-4-2-5/h1-3H. The van der Waals surface area contributed by atoms with Crippen molar-refractivity contribution in [3.8, 4) is 0 Å². The molecule has 0 unspecified atom stereocenters. The van der Waals surface area contributed by atoms with Crippen LogP contribution in [0.15, 0.2) is 22.8 Å². The van der Waals surface area contributed by atoms with Gasteiger partial charge in [0.1, 0.15) is 0 Å².